The Morgan fingerprint density at radius 1 is 1.38 bits per heavy atom. The Bertz CT molecular complexity index is 355. The lowest BCUT2D eigenvalue weighted by molar-refractivity contribution is -0.154. The summed E-state index contributed by atoms with van der Waals surface area (Å²) in [7, 11) is 0. The first-order chi connectivity index (χ1) is 7.29. The fourth-order valence-electron chi connectivity index (χ4n) is 1.48. The molecule has 0 saturated carbocycles. The third kappa shape index (κ3) is 3.68. The van der Waals surface area contributed by atoms with Gasteiger partial charge in [-0.1, -0.05) is 5.16 Å². The first-order valence-electron chi connectivity index (χ1n) is 5.43. The third-order valence-corrected chi connectivity index (χ3v) is 2.18. The van der Waals surface area contributed by atoms with Crippen molar-refractivity contribution in [2.45, 2.75) is 53.1 Å². The standard InChI is InChI=1S/C12H19NO3/c1-8-10(9(2)16-13-8)6-7-11(14)15-12(3,4)5/h6-7H2,1-5H3. The van der Waals surface area contributed by atoms with Gasteiger partial charge in [0.2, 0.25) is 0 Å². The summed E-state index contributed by atoms with van der Waals surface area (Å²) in [6.07, 6.45) is 0.982. The van der Waals surface area contributed by atoms with Crippen molar-refractivity contribution in [1.82, 2.24) is 5.16 Å². The molecular weight excluding hydrogens is 206 g/mol. The zero-order valence-corrected chi connectivity index (χ0v) is 10.6. The van der Waals surface area contributed by atoms with Gasteiger partial charge in [0, 0.05) is 12.0 Å². The van der Waals surface area contributed by atoms with E-state index in [0.29, 0.717) is 12.8 Å². The number of rotatable bonds is 3. The number of aryl methyl sites for hydroxylation is 2. The van der Waals surface area contributed by atoms with Crippen LogP contribution in [0.3, 0.4) is 0 Å². The van der Waals surface area contributed by atoms with E-state index >= 15 is 0 Å². The van der Waals surface area contributed by atoms with Gasteiger partial charge in [0.1, 0.15) is 11.4 Å². The lowest BCUT2D eigenvalue weighted by atomic mass is 10.1. The van der Waals surface area contributed by atoms with Crippen LogP contribution in [0.4, 0.5) is 0 Å². The van der Waals surface area contributed by atoms with Crippen molar-refractivity contribution in [1.29, 1.82) is 0 Å². The molecule has 90 valence electrons. The number of carbonyl (C=O) groups excluding carboxylic acids is 1. The molecule has 1 aromatic heterocycles. The van der Waals surface area contributed by atoms with Crippen LogP contribution in [0.15, 0.2) is 4.52 Å². The predicted molar refractivity (Wildman–Crippen MR) is 60.1 cm³/mol. The number of ether oxygens (including phenoxy) is 1. The van der Waals surface area contributed by atoms with E-state index in [9.17, 15) is 4.79 Å². The first kappa shape index (κ1) is 12.7. The van der Waals surface area contributed by atoms with Gasteiger partial charge in [-0.15, -0.1) is 0 Å². The van der Waals surface area contributed by atoms with Crippen molar-refractivity contribution in [3.63, 3.8) is 0 Å². The van der Waals surface area contributed by atoms with Crippen molar-refractivity contribution in [3.05, 3.63) is 17.0 Å². The van der Waals surface area contributed by atoms with E-state index in [1.807, 2.05) is 34.6 Å². The van der Waals surface area contributed by atoms with E-state index in [1.54, 1.807) is 0 Å². The Kier molecular flexibility index (Phi) is 3.73. The number of carbonyl (C=O) groups is 1. The maximum absolute atomic E-state index is 11.5. The molecule has 1 rings (SSSR count). The predicted octanol–water partition coefficient (Wildman–Crippen LogP) is 2.57. The first-order valence-corrected chi connectivity index (χ1v) is 5.43. The van der Waals surface area contributed by atoms with Gasteiger partial charge in [-0.2, -0.15) is 0 Å². The molecule has 4 nitrogen and oxygen atoms in total. The topological polar surface area (TPSA) is 52.3 Å². The van der Waals surface area contributed by atoms with Crippen molar-refractivity contribution in [2.24, 2.45) is 0 Å². The van der Waals surface area contributed by atoms with E-state index in [4.69, 9.17) is 9.26 Å². The quantitative estimate of drug-likeness (QED) is 0.742. The number of nitrogens with zero attached hydrogens (tertiary/aromatic N) is 1. The van der Waals surface area contributed by atoms with Gasteiger partial charge >= 0.3 is 5.97 Å². The second kappa shape index (κ2) is 4.68. The molecule has 0 radical (unpaired) electrons. The number of esters is 1. The van der Waals surface area contributed by atoms with Crippen LogP contribution in [0.5, 0.6) is 0 Å². The fourth-order valence-corrected chi connectivity index (χ4v) is 1.48. The minimum Gasteiger partial charge on any atom is -0.460 e. The highest BCUT2D eigenvalue weighted by Crippen LogP contribution is 2.16. The average Bonchev–Trinajstić information content (AvgIpc) is 2.41. The van der Waals surface area contributed by atoms with Gasteiger partial charge in [0.15, 0.2) is 0 Å². The minimum absolute atomic E-state index is 0.187. The van der Waals surface area contributed by atoms with Gasteiger partial charge in [-0.25, -0.2) is 0 Å². The monoisotopic (exact) mass is 225 g/mol. The summed E-state index contributed by atoms with van der Waals surface area (Å²) < 4.78 is 10.3. The highest BCUT2D eigenvalue weighted by atomic mass is 16.6. The van der Waals surface area contributed by atoms with Gasteiger partial charge in [0.05, 0.1) is 5.69 Å². The molecule has 1 heterocycles. The Morgan fingerprint density at radius 2 is 2.00 bits per heavy atom. The van der Waals surface area contributed by atoms with Crippen molar-refractivity contribution < 1.29 is 14.1 Å². The molecular formula is C12H19NO3. The highest BCUT2D eigenvalue weighted by Gasteiger charge is 2.17. The van der Waals surface area contributed by atoms with Crippen molar-refractivity contribution in [3.8, 4) is 0 Å². The Morgan fingerprint density at radius 3 is 2.44 bits per heavy atom. The van der Waals surface area contributed by atoms with Crippen molar-refractivity contribution >= 4 is 5.97 Å². The van der Waals surface area contributed by atoms with E-state index in [2.05, 4.69) is 5.16 Å². The summed E-state index contributed by atoms with van der Waals surface area (Å²) in [6.45, 7) is 9.31. The summed E-state index contributed by atoms with van der Waals surface area (Å²) in [6, 6.07) is 0. The summed E-state index contributed by atoms with van der Waals surface area (Å²) in [5.74, 6) is 0.591. The van der Waals surface area contributed by atoms with Crippen LogP contribution >= 0.6 is 0 Å². The Labute approximate surface area is 96.0 Å². The van der Waals surface area contributed by atoms with Crippen LogP contribution in [-0.2, 0) is 16.0 Å². The van der Waals surface area contributed by atoms with Gasteiger partial charge in [-0.3, -0.25) is 4.79 Å². The van der Waals surface area contributed by atoms with Crippen LogP contribution in [0.25, 0.3) is 0 Å². The summed E-state index contributed by atoms with van der Waals surface area (Å²) in [5, 5.41) is 3.84. The molecule has 0 amide bonds. The Hall–Kier alpha value is -1.32. The van der Waals surface area contributed by atoms with Gasteiger partial charge in [0.25, 0.3) is 0 Å². The molecule has 0 aliphatic carbocycles. The lowest BCUT2D eigenvalue weighted by Crippen LogP contribution is -2.24. The summed E-state index contributed by atoms with van der Waals surface area (Å²) in [5.41, 5.74) is 1.43. The second-order valence-corrected chi connectivity index (χ2v) is 4.89. The fraction of sp³-hybridized carbons (Fsp3) is 0.667. The van der Waals surface area contributed by atoms with E-state index in [1.165, 1.54) is 0 Å². The molecule has 0 fully saturated rings. The highest BCUT2D eigenvalue weighted by molar-refractivity contribution is 5.70. The van der Waals surface area contributed by atoms with E-state index in [0.717, 1.165) is 17.0 Å². The SMILES string of the molecule is Cc1noc(C)c1CCC(=O)OC(C)(C)C. The molecule has 0 aromatic carbocycles. The minimum atomic E-state index is -0.421. The van der Waals surface area contributed by atoms with Crippen LogP contribution < -0.4 is 0 Å². The van der Waals surface area contributed by atoms with Gasteiger partial charge in [-0.05, 0) is 41.0 Å². The van der Waals surface area contributed by atoms with Crippen LogP contribution in [0.2, 0.25) is 0 Å². The number of hydrogen-bond donors (Lipinski definition) is 0. The normalized spacial score (nSPS) is 11.6. The third-order valence-electron chi connectivity index (χ3n) is 2.18. The molecule has 0 bridgehead atoms. The molecule has 0 aliphatic heterocycles. The summed E-state index contributed by atoms with van der Waals surface area (Å²) >= 11 is 0. The molecule has 1 aromatic rings. The maximum atomic E-state index is 11.5. The van der Waals surface area contributed by atoms with Crippen LogP contribution in [0, 0.1) is 13.8 Å². The zero-order chi connectivity index (χ0) is 12.3. The second-order valence-electron chi connectivity index (χ2n) is 4.89. The van der Waals surface area contributed by atoms with E-state index < -0.39 is 5.60 Å². The van der Waals surface area contributed by atoms with E-state index in [-0.39, 0.29) is 5.97 Å². The molecule has 0 spiro atoms. The van der Waals surface area contributed by atoms with Crippen LogP contribution in [-0.4, -0.2) is 16.7 Å². The molecule has 4 heteroatoms. The smallest absolute Gasteiger partial charge is 0.306 e. The Balaban J connectivity index is 2.50. The zero-order valence-electron chi connectivity index (χ0n) is 10.6. The summed E-state index contributed by atoms with van der Waals surface area (Å²) in [4.78, 5) is 11.5. The molecule has 0 N–H and O–H groups in total. The molecule has 0 saturated heterocycles. The molecule has 16 heavy (non-hydrogen) atoms. The number of hydrogen-bond acceptors (Lipinski definition) is 4. The van der Waals surface area contributed by atoms with Gasteiger partial charge < -0.3 is 9.26 Å². The van der Waals surface area contributed by atoms with Crippen molar-refractivity contribution in [2.75, 3.05) is 0 Å². The number of aromatic nitrogens is 1. The average molecular weight is 225 g/mol. The molecule has 0 atom stereocenters. The molecule has 0 unspecified atom stereocenters. The molecule has 0 aliphatic rings. The van der Waals surface area contributed by atoms with Crippen LogP contribution in [0.1, 0.15) is 44.2 Å². The lowest BCUT2D eigenvalue weighted by Gasteiger charge is -2.19. The maximum Gasteiger partial charge on any atom is 0.306 e. The largest absolute Gasteiger partial charge is 0.460 e.